The van der Waals surface area contributed by atoms with E-state index in [1.807, 2.05) is 0 Å². The van der Waals surface area contributed by atoms with Crippen molar-refractivity contribution in [2.75, 3.05) is 0 Å². The van der Waals surface area contributed by atoms with Crippen LogP contribution >= 0.6 is 0 Å². The predicted molar refractivity (Wildman–Crippen MR) is 81.2 cm³/mol. The smallest absolute Gasteiger partial charge is 0.431 e. The fraction of sp³-hybridized carbons (Fsp3) is 0.143. The van der Waals surface area contributed by atoms with Crippen LogP contribution in [-0.4, -0.2) is 32.3 Å². The highest BCUT2D eigenvalue weighted by molar-refractivity contribution is 7.82. The van der Waals surface area contributed by atoms with E-state index in [1.54, 1.807) is 0 Å². The van der Waals surface area contributed by atoms with Gasteiger partial charge in [0.05, 0.1) is 11.1 Å². The number of esters is 2. The van der Waals surface area contributed by atoms with E-state index in [0.717, 1.165) is 26.0 Å². The maximum atomic E-state index is 11.5. The first-order valence-electron chi connectivity index (χ1n) is 6.24. The monoisotopic (exact) mass is 374 g/mol. The van der Waals surface area contributed by atoms with Crippen molar-refractivity contribution in [2.45, 2.75) is 13.8 Å². The minimum absolute atomic E-state index is 0.415. The van der Waals surface area contributed by atoms with Gasteiger partial charge in [-0.3, -0.25) is 0 Å². The highest BCUT2D eigenvalue weighted by Crippen LogP contribution is 2.08. The molecule has 0 rings (SSSR count). The van der Waals surface area contributed by atoms with E-state index in [4.69, 9.17) is 0 Å². The van der Waals surface area contributed by atoms with Gasteiger partial charge in [-0.15, -0.1) is 8.42 Å². The van der Waals surface area contributed by atoms with Crippen LogP contribution in [0.3, 0.4) is 0 Å². The molecule has 0 bridgehead atoms. The number of carbonyl (C=O) groups excluding carboxylic acids is 4. The van der Waals surface area contributed by atoms with E-state index in [0.29, 0.717) is 12.5 Å². The van der Waals surface area contributed by atoms with Crippen molar-refractivity contribution >= 4 is 34.3 Å². The first-order chi connectivity index (χ1) is 11.5. The van der Waals surface area contributed by atoms with Gasteiger partial charge < -0.3 is 17.8 Å². The molecule has 136 valence electrons. The Kier molecular flexibility index (Phi) is 8.56. The Hall–Kier alpha value is -3.21. The number of carbonyl (C=O) groups is 4. The molecule has 0 fully saturated rings. The molecule has 0 spiro atoms. The molecule has 0 saturated heterocycles. The predicted octanol–water partition coefficient (Wildman–Crippen LogP) is 0.584. The first kappa shape index (κ1) is 21.8. The number of ether oxygens (including phenoxy) is 2. The summed E-state index contributed by atoms with van der Waals surface area (Å²) in [4.78, 5) is 44.6. The largest absolute Gasteiger partial charge is 0.506 e. The zero-order valence-electron chi connectivity index (χ0n) is 13.2. The third kappa shape index (κ3) is 8.86. The van der Waals surface area contributed by atoms with Crippen LogP contribution in [0.4, 0.5) is 0 Å². The second kappa shape index (κ2) is 9.82. The van der Waals surface area contributed by atoms with Crippen molar-refractivity contribution in [3.05, 3.63) is 49.0 Å². The Balaban J connectivity index is 4.87. The molecule has 0 amide bonds. The van der Waals surface area contributed by atoms with Crippen LogP contribution in [0.5, 0.6) is 0 Å². The third-order valence-electron chi connectivity index (χ3n) is 2.04. The van der Waals surface area contributed by atoms with Crippen molar-refractivity contribution in [3.8, 4) is 0 Å². The van der Waals surface area contributed by atoms with Crippen LogP contribution in [0.2, 0.25) is 0 Å². The van der Waals surface area contributed by atoms with Crippen molar-refractivity contribution < 1.29 is 45.4 Å². The van der Waals surface area contributed by atoms with E-state index < -0.39 is 45.4 Å². The number of rotatable bonds is 8. The van der Waals surface area contributed by atoms with Crippen LogP contribution < -0.4 is 0 Å². The summed E-state index contributed by atoms with van der Waals surface area (Å²) in [6.45, 7) is 8.37. The Bertz CT molecular complexity index is 696. The maximum absolute atomic E-state index is 11.5. The lowest BCUT2D eigenvalue weighted by Crippen LogP contribution is -2.20. The summed E-state index contributed by atoms with van der Waals surface area (Å²) in [6, 6.07) is 0. The van der Waals surface area contributed by atoms with E-state index in [2.05, 4.69) is 31.0 Å². The minimum atomic E-state index is -5.06. The normalized spacial score (nSPS) is 11.8. The van der Waals surface area contributed by atoms with Crippen LogP contribution in [-0.2, 0) is 47.4 Å². The molecule has 0 heterocycles. The molecule has 0 aliphatic heterocycles. The topological polar surface area (TPSA) is 139 Å². The molecule has 25 heavy (non-hydrogen) atoms. The van der Waals surface area contributed by atoms with Gasteiger partial charge in [0.15, 0.2) is 0 Å². The quantitative estimate of drug-likeness (QED) is 0.337. The molecule has 0 radical (unpaired) electrons. The fourth-order valence-corrected chi connectivity index (χ4v) is 1.49. The molecule has 0 saturated carbocycles. The highest BCUT2D eigenvalue weighted by atomic mass is 32.3. The Labute approximate surface area is 143 Å². The summed E-state index contributed by atoms with van der Waals surface area (Å²) in [5.74, 6) is -4.69. The van der Waals surface area contributed by atoms with Crippen molar-refractivity contribution in [1.82, 2.24) is 0 Å². The second-order valence-electron chi connectivity index (χ2n) is 4.03. The third-order valence-corrected chi connectivity index (χ3v) is 2.75. The van der Waals surface area contributed by atoms with Gasteiger partial charge in [-0.05, 0) is 13.8 Å². The Morgan fingerprint density at radius 3 is 1.36 bits per heavy atom. The van der Waals surface area contributed by atoms with Gasteiger partial charge in [0.1, 0.15) is 12.5 Å². The van der Waals surface area contributed by atoms with Crippen molar-refractivity contribution in [1.29, 1.82) is 0 Å². The molecule has 11 heteroatoms. The molecule has 10 nitrogen and oxygen atoms in total. The number of hydrogen-bond acceptors (Lipinski definition) is 10. The summed E-state index contributed by atoms with van der Waals surface area (Å²) in [6.07, 6.45) is 2.87. The summed E-state index contributed by atoms with van der Waals surface area (Å²) in [5.41, 5.74) is -0.830. The molecule has 0 aromatic heterocycles. The molecule has 0 aromatic carbocycles. The number of hydrogen-bond donors (Lipinski definition) is 0. The van der Waals surface area contributed by atoms with E-state index in [9.17, 15) is 27.6 Å². The van der Waals surface area contributed by atoms with Gasteiger partial charge in [0.25, 0.3) is 0 Å². The first-order valence-corrected chi connectivity index (χ1v) is 7.58. The van der Waals surface area contributed by atoms with Gasteiger partial charge in [0.2, 0.25) is 0 Å². The lowest BCUT2D eigenvalue weighted by Gasteiger charge is -2.06. The van der Waals surface area contributed by atoms with E-state index >= 15 is 0 Å². The van der Waals surface area contributed by atoms with Crippen LogP contribution in [0, 0.1) is 0 Å². The summed E-state index contributed by atoms with van der Waals surface area (Å²) in [5, 5.41) is 0. The molecule has 0 aliphatic carbocycles. The van der Waals surface area contributed by atoms with Gasteiger partial charge >= 0.3 is 34.3 Å². The summed E-state index contributed by atoms with van der Waals surface area (Å²) in [7, 11) is -5.06. The maximum Gasteiger partial charge on any atom is 0.506 e. The van der Waals surface area contributed by atoms with Crippen LogP contribution in [0.25, 0.3) is 0 Å². The minimum Gasteiger partial charge on any atom is -0.431 e. The summed E-state index contributed by atoms with van der Waals surface area (Å²) < 4.78 is 39.7. The molecule has 0 atom stereocenters. The molecule has 0 N–H and O–H groups in total. The van der Waals surface area contributed by atoms with Crippen LogP contribution in [0.15, 0.2) is 49.0 Å². The molecule has 0 aromatic rings. The zero-order chi connectivity index (χ0) is 19.6. The summed E-state index contributed by atoms with van der Waals surface area (Å²) >= 11 is 0. The lowest BCUT2D eigenvalue weighted by molar-refractivity contribution is -0.133. The highest BCUT2D eigenvalue weighted by Gasteiger charge is 2.25. The SMILES string of the molecule is C=CC(=O)OC=C(C)C(=O)OS(=O)(=O)OC(=O)C(C)=COC(=O)C=C. The molecule has 0 aliphatic rings. The Morgan fingerprint density at radius 1 is 0.760 bits per heavy atom. The van der Waals surface area contributed by atoms with Crippen LogP contribution in [0.1, 0.15) is 13.8 Å². The Morgan fingerprint density at radius 2 is 1.08 bits per heavy atom. The standard InChI is InChI=1S/C14H14O10S/c1-5-11(15)21-7-9(3)13(17)23-25(19,20)24-14(18)10(4)8-22-12(16)6-2/h5-8H,1-2H2,3-4H3. The molecular formula is C14H14O10S. The zero-order valence-corrected chi connectivity index (χ0v) is 14.0. The average molecular weight is 374 g/mol. The molecule has 0 unspecified atom stereocenters. The lowest BCUT2D eigenvalue weighted by atomic mass is 10.3. The molecular weight excluding hydrogens is 360 g/mol. The van der Waals surface area contributed by atoms with E-state index in [1.165, 1.54) is 0 Å². The van der Waals surface area contributed by atoms with Gasteiger partial charge in [-0.1, -0.05) is 13.2 Å². The average Bonchev–Trinajstić information content (AvgIpc) is 2.55. The van der Waals surface area contributed by atoms with Crippen molar-refractivity contribution in [2.24, 2.45) is 0 Å². The van der Waals surface area contributed by atoms with Gasteiger partial charge in [-0.25, -0.2) is 19.2 Å². The second-order valence-corrected chi connectivity index (χ2v) is 5.18. The van der Waals surface area contributed by atoms with E-state index in [-0.39, 0.29) is 0 Å². The van der Waals surface area contributed by atoms with Gasteiger partial charge in [0, 0.05) is 12.2 Å². The fourth-order valence-electron chi connectivity index (χ4n) is 0.819. The van der Waals surface area contributed by atoms with Crippen molar-refractivity contribution in [3.63, 3.8) is 0 Å². The van der Waals surface area contributed by atoms with Gasteiger partial charge in [-0.2, -0.15) is 0 Å².